The maximum atomic E-state index is 12.8. The number of unbranched alkanes of at least 4 members (excludes halogenated alkanes) is 1. The summed E-state index contributed by atoms with van der Waals surface area (Å²) in [6.45, 7) is 6.31. The minimum atomic E-state index is -5.08. The lowest BCUT2D eigenvalue weighted by atomic mass is 9.98. The van der Waals surface area contributed by atoms with Gasteiger partial charge < -0.3 is 10.2 Å². The van der Waals surface area contributed by atoms with Crippen LogP contribution in [0.4, 0.5) is 13.2 Å². The first-order valence-electron chi connectivity index (χ1n) is 10.9. The van der Waals surface area contributed by atoms with Crippen molar-refractivity contribution in [2.24, 2.45) is 4.99 Å². The molecule has 2 N–H and O–H groups in total. The molecule has 1 aliphatic heterocycles. The second kappa shape index (κ2) is 11.2. The van der Waals surface area contributed by atoms with Gasteiger partial charge in [0.25, 0.3) is 5.91 Å². The zero-order valence-corrected chi connectivity index (χ0v) is 19.6. The summed E-state index contributed by atoms with van der Waals surface area (Å²) in [5.41, 5.74) is 2.09. The molecule has 0 bridgehead atoms. The minimum Gasteiger partial charge on any atom is -0.478 e. The molecule has 0 unspecified atom stereocenters. The third-order valence-electron chi connectivity index (χ3n) is 5.25. The molecule has 0 spiro atoms. The maximum absolute atomic E-state index is 12.8. The van der Waals surface area contributed by atoms with Gasteiger partial charge in [-0.2, -0.15) is 13.2 Å². The predicted molar refractivity (Wildman–Crippen MR) is 124 cm³/mol. The summed E-state index contributed by atoms with van der Waals surface area (Å²) in [6, 6.07) is 14.7. The van der Waals surface area contributed by atoms with Crippen molar-refractivity contribution in [2.45, 2.75) is 58.3 Å². The molecule has 0 radical (unpaired) electrons. The number of aliphatic carboxylic acids is 1. The number of amidine groups is 1. The first-order chi connectivity index (χ1) is 16.3. The van der Waals surface area contributed by atoms with Gasteiger partial charge in [-0.25, -0.2) is 9.59 Å². The average Bonchev–Trinajstić information content (AvgIpc) is 3.00. The van der Waals surface area contributed by atoms with E-state index in [1.807, 2.05) is 44.2 Å². The van der Waals surface area contributed by atoms with E-state index >= 15 is 0 Å². The molecule has 0 saturated carbocycles. The van der Waals surface area contributed by atoms with Gasteiger partial charge in [-0.3, -0.25) is 14.7 Å². The van der Waals surface area contributed by atoms with Crippen molar-refractivity contribution in [3.8, 4) is 11.1 Å². The van der Waals surface area contributed by atoms with Crippen molar-refractivity contribution < 1.29 is 37.8 Å². The van der Waals surface area contributed by atoms with Crippen LogP contribution in [0.2, 0.25) is 0 Å². The highest BCUT2D eigenvalue weighted by molar-refractivity contribution is 6.07. The van der Waals surface area contributed by atoms with Crippen molar-refractivity contribution >= 4 is 23.7 Å². The van der Waals surface area contributed by atoms with E-state index in [9.17, 15) is 27.9 Å². The van der Waals surface area contributed by atoms with Gasteiger partial charge in [-0.1, -0.05) is 55.8 Å². The fourth-order valence-corrected chi connectivity index (χ4v) is 3.46. The SMILES string of the molecule is CCCCC1=NC(C)(C)C(=O)N1Cc1ccc(-c2ccccc2C(=O)O)cc1.O=C(O)C(F)(F)F. The largest absolute Gasteiger partial charge is 0.490 e. The number of aliphatic imine (C=N–C) groups is 1. The fraction of sp³-hybridized carbons (Fsp3) is 0.360. The molecule has 1 amide bonds. The topological polar surface area (TPSA) is 107 Å². The second-order valence-corrected chi connectivity index (χ2v) is 8.43. The first kappa shape index (κ1) is 27.6. The van der Waals surface area contributed by atoms with Crippen molar-refractivity contribution in [3.05, 3.63) is 59.7 Å². The molecule has 10 heteroatoms. The normalized spacial score (nSPS) is 14.7. The number of aromatic carboxylic acids is 1. The predicted octanol–water partition coefficient (Wildman–Crippen LogP) is 5.39. The van der Waals surface area contributed by atoms with Crippen LogP contribution in [0.3, 0.4) is 0 Å². The van der Waals surface area contributed by atoms with Crippen molar-refractivity contribution in [3.63, 3.8) is 0 Å². The maximum Gasteiger partial charge on any atom is 0.490 e. The molecule has 3 rings (SSSR count). The van der Waals surface area contributed by atoms with Crippen LogP contribution < -0.4 is 0 Å². The smallest absolute Gasteiger partial charge is 0.478 e. The Morgan fingerprint density at radius 3 is 2.11 bits per heavy atom. The first-order valence-corrected chi connectivity index (χ1v) is 10.9. The lowest BCUT2D eigenvalue weighted by Gasteiger charge is -2.21. The monoisotopic (exact) mass is 492 g/mol. The van der Waals surface area contributed by atoms with Crippen LogP contribution in [-0.4, -0.2) is 50.5 Å². The number of amides is 1. The summed E-state index contributed by atoms with van der Waals surface area (Å²) < 4.78 is 31.7. The number of rotatable bonds is 7. The molecule has 0 atom stereocenters. The van der Waals surface area contributed by atoms with Gasteiger partial charge in [-0.15, -0.1) is 0 Å². The van der Waals surface area contributed by atoms with Gasteiger partial charge in [0.15, 0.2) is 0 Å². The molecule has 1 heterocycles. The molecule has 7 nitrogen and oxygen atoms in total. The van der Waals surface area contributed by atoms with E-state index in [0.717, 1.165) is 36.2 Å². The minimum absolute atomic E-state index is 0.0268. The number of benzene rings is 2. The van der Waals surface area contributed by atoms with Crippen LogP contribution >= 0.6 is 0 Å². The number of alkyl halides is 3. The van der Waals surface area contributed by atoms with Crippen LogP contribution in [0.1, 0.15) is 56.0 Å². The number of carbonyl (C=O) groups is 3. The standard InChI is InChI=1S/C23H26N2O3.C2HF3O2/c1-4-5-10-20-24-23(2,3)22(28)25(20)15-16-11-13-17(14-12-16)18-8-6-7-9-19(18)21(26)27;3-2(4,5)1(6)7/h6-9,11-14H,4-5,10,15H2,1-3H3,(H,26,27);(H,6,7). The lowest BCUT2D eigenvalue weighted by molar-refractivity contribution is -0.192. The summed E-state index contributed by atoms with van der Waals surface area (Å²) in [5.74, 6) is -2.81. The van der Waals surface area contributed by atoms with Gasteiger partial charge in [-0.05, 0) is 43.0 Å². The number of hydrogen-bond donors (Lipinski definition) is 2. The highest BCUT2D eigenvalue weighted by atomic mass is 19.4. The van der Waals surface area contributed by atoms with Crippen LogP contribution in [-0.2, 0) is 16.1 Å². The number of hydrogen-bond acceptors (Lipinski definition) is 4. The van der Waals surface area contributed by atoms with E-state index in [2.05, 4.69) is 11.9 Å². The van der Waals surface area contributed by atoms with E-state index in [0.29, 0.717) is 12.1 Å². The average molecular weight is 492 g/mol. The quantitative estimate of drug-likeness (QED) is 0.539. The molecule has 2 aromatic rings. The third kappa shape index (κ3) is 7.14. The summed E-state index contributed by atoms with van der Waals surface area (Å²) in [6.07, 6.45) is -2.22. The van der Waals surface area contributed by atoms with Crippen molar-refractivity contribution in [1.29, 1.82) is 0 Å². The number of carboxylic acid groups (broad SMARTS) is 2. The Morgan fingerprint density at radius 2 is 1.60 bits per heavy atom. The zero-order chi connectivity index (χ0) is 26.4. The van der Waals surface area contributed by atoms with Gasteiger partial charge in [0, 0.05) is 6.42 Å². The van der Waals surface area contributed by atoms with E-state index < -0.39 is 23.7 Å². The molecule has 0 aromatic heterocycles. The molecule has 2 aromatic carbocycles. The number of nitrogens with zero attached hydrogens (tertiary/aromatic N) is 2. The van der Waals surface area contributed by atoms with E-state index in [-0.39, 0.29) is 11.5 Å². The second-order valence-electron chi connectivity index (χ2n) is 8.43. The molecule has 35 heavy (non-hydrogen) atoms. The highest BCUT2D eigenvalue weighted by Gasteiger charge is 2.40. The third-order valence-corrected chi connectivity index (χ3v) is 5.25. The van der Waals surface area contributed by atoms with Crippen LogP contribution in [0.15, 0.2) is 53.5 Å². The van der Waals surface area contributed by atoms with E-state index in [1.54, 1.807) is 23.1 Å². The Labute approximate surface area is 200 Å². The number of halogens is 3. The summed E-state index contributed by atoms with van der Waals surface area (Å²) >= 11 is 0. The van der Waals surface area contributed by atoms with Crippen LogP contribution in [0.25, 0.3) is 11.1 Å². The molecule has 0 fully saturated rings. The Kier molecular flexibility index (Phi) is 8.78. The van der Waals surface area contributed by atoms with Gasteiger partial charge in [0.05, 0.1) is 12.1 Å². The number of carbonyl (C=O) groups excluding carboxylic acids is 1. The highest BCUT2D eigenvalue weighted by Crippen LogP contribution is 2.28. The number of carboxylic acids is 2. The van der Waals surface area contributed by atoms with E-state index in [1.165, 1.54) is 0 Å². The van der Waals surface area contributed by atoms with Gasteiger partial charge in [0.1, 0.15) is 11.4 Å². The fourth-order valence-electron chi connectivity index (χ4n) is 3.46. The molecule has 1 aliphatic rings. The molecule has 188 valence electrons. The molecule has 0 saturated heterocycles. The molecular weight excluding hydrogens is 465 g/mol. The Morgan fingerprint density at radius 1 is 1.03 bits per heavy atom. The Bertz CT molecular complexity index is 1110. The zero-order valence-electron chi connectivity index (χ0n) is 19.6. The van der Waals surface area contributed by atoms with Crippen LogP contribution in [0, 0.1) is 0 Å². The van der Waals surface area contributed by atoms with Gasteiger partial charge >= 0.3 is 18.1 Å². The Hall–Kier alpha value is -3.69. The van der Waals surface area contributed by atoms with E-state index in [4.69, 9.17) is 9.90 Å². The molecule has 0 aliphatic carbocycles. The van der Waals surface area contributed by atoms with Crippen LogP contribution in [0.5, 0.6) is 0 Å². The summed E-state index contributed by atoms with van der Waals surface area (Å²) in [7, 11) is 0. The van der Waals surface area contributed by atoms with Crippen molar-refractivity contribution in [2.75, 3.05) is 0 Å². The summed E-state index contributed by atoms with van der Waals surface area (Å²) in [4.78, 5) is 39.5. The summed E-state index contributed by atoms with van der Waals surface area (Å²) in [5, 5.41) is 16.5. The Balaban J connectivity index is 0.000000540. The lowest BCUT2D eigenvalue weighted by Crippen LogP contribution is -2.38. The van der Waals surface area contributed by atoms with Gasteiger partial charge in [0.2, 0.25) is 0 Å². The van der Waals surface area contributed by atoms with Crippen molar-refractivity contribution in [1.82, 2.24) is 4.90 Å². The molecular formula is C25H27F3N2O5.